The van der Waals surface area contributed by atoms with E-state index in [-0.39, 0.29) is 24.0 Å². The van der Waals surface area contributed by atoms with Gasteiger partial charge < -0.3 is 15.0 Å². The molecule has 1 fully saturated rings. The van der Waals surface area contributed by atoms with Crippen LogP contribution in [0.4, 0.5) is 0 Å². The predicted molar refractivity (Wildman–Crippen MR) is 88.7 cm³/mol. The summed E-state index contributed by atoms with van der Waals surface area (Å²) in [7, 11) is 0. The first-order valence-electron chi connectivity index (χ1n) is 8.11. The van der Waals surface area contributed by atoms with Gasteiger partial charge in [0.1, 0.15) is 6.04 Å². The molecule has 5 nitrogen and oxygen atoms in total. The maximum absolute atomic E-state index is 12.5. The highest BCUT2D eigenvalue weighted by atomic mass is 16.5. The predicted octanol–water partition coefficient (Wildman–Crippen LogP) is 2.11. The number of amides is 2. The summed E-state index contributed by atoms with van der Waals surface area (Å²) in [4.78, 5) is 26.0. The van der Waals surface area contributed by atoms with Crippen molar-refractivity contribution in [3.63, 3.8) is 0 Å². The third-order valence-corrected chi connectivity index (χ3v) is 3.67. The standard InChI is InChI=1S/C18H26N2O3/c1-18(2,3)23-11-7-10-15-17(22)20(13-16(21)19-15)12-14-8-5-4-6-9-14/h4-6,8-9,15H,7,10-13H2,1-3H3,(H,19,21). The van der Waals surface area contributed by atoms with Gasteiger partial charge in [-0.25, -0.2) is 0 Å². The van der Waals surface area contributed by atoms with Crippen LogP contribution in [0.25, 0.3) is 0 Å². The fourth-order valence-electron chi connectivity index (χ4n) is 2.57. The average molecular weight is 318 g/mol. The van der Waals surface area contributed by atoms with Crippen molar-refractivity contribution < 1.29 is 14.3 Å². The molecule has 0 bridgehead atoms. The molecule has 1 aromatic rings. The lowest BCUT2D eigenvalue weighted by Gasteiger charge is -2.32. The first-order chi connectivity index (χ1) is 10.8. The Hall–Kier alpha value is -1.88. The van der Waals surface area contributed by atoms with E-state index in [1.807, 2.05) is 51.1 Å². The van der Waals surface area contributed by atoms with Crippen LogP contribution in [0, 0.1) is 0 Å². The molecule has 126 valence electrons. The summed E-state index contributed by atoms with van der Waals surface area (Å²) in [6.45, 7) is 7.19. The molecule has 1 atom stereocenters. The van der Waals surface area contributed by atoms with Gasteiger partial charge in [-0.05, 0) is 39.2 Å². The van der Waals surface area contributed by atoms with Crippen LogP contribution in [-0.2, 0) is 20.9 Å². The summed E-state index contributed by atoms with van der Waals surface area (Å²) in [5.74, 6) is -0.105. The Morgan fingerprint density at radius 2 is 1.91 bits per heavy atom. The van der Waals surface area contributed by atoms with Crippen molar-refractivity contribution in [2.75, 3.05) is 13.2 Å². The molecule has 1 aliphatic heterocycles. The van der Waals surface area contributed by atoms with Crippen LogP contribution in [0.5, 0.6) is 0 Å². The number of nitrogens with zero attached hydrogens (tertiary/aromatic N) is 1. The minimum absolute atomic E-state index is 0.00999. The van der Waals surface area contributed by atoms with E-state index in [4.69, 9.17) is 4.74 Å². The number of hydrogen-bond acceptors (Lipinski definition) is 3. The monoisotopic (exact) mass is 318 g/mol. The van der Waals surface area contributed by atoms with Crippen LogP contribution in [0.15, 0.2) is 30.3 Å². The van der Waals surface area contributed by atoms with E-state index in [9.17, 15) is 9.59 Å². The summed E-state index contributed by atoms with van der Waals surface area (Å²) >= 11 is 0. The van der Waals surface area contributed by atoms with Crippen molar-refractivity contribution in [3.8, 4) is 0 Å². The van der Waals surface area contributed by atoms with E-state index in [0.717, 1.165) is 12.0 Å². The molecule has 1 unspecified atom stereocenters. The number of hydrogen-bond donors (Lipinski definition) is 1. The van der Waals surface area contributed by atoms with Gasteiger partial charge in [-0.1, -0.05) is 30.3 Å². The van der Waals surface area contributed by atoms with Crippen molar-refractivity contribution in [1.29, 1.82) is 0 Å². The molecule has 2 rings (SSSR count). The van der Waals surface area contributed by atoms with Crippen molar-refractivity contribution in [3.05, 3.63) is 35.9 Å². The third-order valence-electron chi connectivity index (χ3n) is 3.67. The Kier molecular flexibility index (Phi) is 5.77. The lowest BCUT2D eigenvalue weighted by molar-refractivity contribution is -0.145. The number of carbonyl (C=O) groups is 2. The lowest BCUT2D eigenvalue weighted by Crippen LogP contribution is -2.57. The Balaban J connectivity index is 1.88. The number of carbonyl (C=O) groups excluding carboxylic acids is 2. The fourth-order valence-corrected chi connectivity index (χ4v) is 2.57. The molecule has 1 saturated heterocycles. The summed E-state index contributed by atoms with van der Waals surface area (Å²) in [6, 6.07) is 9.30. The normalized spacial score (nSPS) is 18.9. The highest BCUT2D eigenvalue weighted by Gasteiger charge is 2.32. The Labute approximate surface area is 138 Å². The van der Waals surface area contributed by atoms with Gasteiger partial charge in [0.15, 0.2) is 0 Å². The molecule has 2 amide bonds. The molecule has 0 spiro atoms. The van der Waals surface area contributed by atoms with E-state index < -0.39 is 6.04 Å². The van der Waals surface area contributed by atoms with E-state index >= 15 is 0 Å². The Morgan fingerprint density at radius 1 is 1.22 bits per heavy atom. The van der Waals surface area contributed by atoms with E-state index in [0.29, 0.717) is 19.6 Å². The van der Waals surface area contributed by atoms with Gasteiger partial charge in [-0.3, -0.25) is 9.59 Å². The summed E-state index contributed by atoms with van der Waals surface area (Å²) < 4.78 is 5.67. The molecular weight excluding hydrogens is 292 g/mol. The summed E-state index contributed by atoms with van der Waals surface area (Å²) in [5.41, 5.74) is 0.851. The first-order valence-corrected chi connectivity index (χ1v) is 8.11. The van der Waals surface area contributed by atoms with Crippen LogP contribution >= 0.6 is 0 Å². The van der Waals surface area contributed by atoms with E-state index in [1.54, 1.807) is 4.90 Å². The number of benzene rings is 1. The van der Waals surface area contributed by atoms with Crippen LogP contribution in [0.2, 0.25) is 0 Å². The molecule has 1 aliphatic rings. The van der Waals surface area contributed by atoms with Gasteiger partial charge in [0.25, 0.3) is 0 Å². The van der Waals surface area contributed by atoms with Crippen molar-refractivity contribution >= 4 is 11.8 Å². The third kappa shape index (κ3) is 5.67. The molecule has 5 heteroatoms. The second-order valence-electron chi connectivity index (χ2n) is 6.90. The van der Waals surface area contributed by atoms with Gasteiger partial charge in [-0.2, -0.15) is 0 Å². The second kappa shape index (κ2) is 7.59. The van der Waals surface area contributed by atoms with E-state index in [2.05, 4.69) is 5.32 Å². The molecule has 0 aromatic heterocycles. The van der Waals surface area contributed by atoms with Gasteiger partial charge in [0, 0.05) is 13.2 Å². The van der Waals surface area contributed by atoms with Crippen molar-refractivity contribution in [2.45, 2.75) is 51.8 Å². The van der Waals surface area contributed by atoms with Crippen LogP contribution in [0.3, 0.4) is 0 Å². The Morgan fingerprint density at radius 3 is 2.57 bits per heavy atom. The highest BCUT2D eigenvalue weighted by molar-refractivity contribution is 5.94. The minimum atomic E-state index is -0.441. The summed E-state index contributed by atoms with van der Waals surface area (Å²) in [5, 5.41) is 2.79. The zero-order valence-electron chi connectivity index (χ0n) is 14.2. The molecule has 0 saturated carbocycles. The van der Waals surface area contributed by atoms with Crippen molar-refractivity contribution in [1.82, 2.24) is 10.2 Å². The van der Waals surface area contributed by atoms with Crippen LogP contribution in [-0.4, -0.2) is 41.5 Å². The van der Waals surface area contributed by atoms with Crippen LogP contribution in [0.1, 0.15) is 39.2 Å². The maximum Gasteiger partial charge on any atom is 0.245 e. The molecular formula is C18H26N2O3. The van der Waals surface area contributed by atoms with Gasteiger partial charge in [0.2, 0.25) is 11.8 Å². The Bertz CT molecular complexity index is 537. The number of piperazine rings is 1. The van der Waals surface area contributed by atoms with E-state index in [1.165, 1.54) is 0 Å². The lowest BCUT2D eigenvalue weighted by atomic mass is 10.1. The quantitative estimate of drug-likeness (QED) is 0.817. The average Bonchev–Trinajstić information content (AvgIpc) is 2.48. The molecule has 1 N–H and O–H groups in total. The second-order valence-corrected chi connectivity index (χ2v) is 6.90. The van der Waals surface area contributed by atoms with Crippen LogP contribution < -0.4 is 5.32 Å². The zero-order chi connectivity index (χ0) is 16.9. The maximum atomic E-state index is 12.5. The minimum Gasteiger partial charge on any atom is -0.376 e. The topological polar surface area (TPSA) is 58.6 Å². The van der Waals surface area contributed by atoms with Crippen molar-refractivity contribution in [2.24, 2.45) is 0 Å². The largest absolute Gasteiger partial charge is 0.376 e. The number of ether oxygens (including phenoxy) is 1. The smallest absolute Gasteiger partial charge is 0.245 e. The molecule has 0 aliphatic carbocycles. The van der Waals surface area contributed by atoms with Gasteiger partial charge in [-0.15, -0.1) is 0 Å². The molecule has 1 aromatic carbocycles. The fraction of sp³-hybridized carbons (Fsp3) is 0.556. The molecule has 23 heavy (non-hydrogen) atoms. The van der Waals surface area contributed by atoms with Gasteiger partial charge in [0.05, 0.1) is 12.1 Å². The summed E-state index contributed by atoms with van der Waals surface area (Å²) in [6.07, 6.45) is 1.35. The highest BCUT2D eigenvalue weighted by Crippen LogP contribution is 2.14. The molecule has 1 heterocycles. The zero-order valence-corrected chi connectivity index (χ0v) is 14.2. The SMILES string of the molecule is CC(C)(C)OCCCC1NC(=O)CN(Cc2ccccc2)C1=O. The van der Waals surface area contributed by atoms with Gasteiger partial charge >= 0.3 is 0 Å². The molecule has 0 radical (unpaired) electrons. The number of nitrogens with one attached hydrogen (secondary N) is 1. The first kappa shape index (κ1) is 17.5. The number of rotatable bonds is 6.